The Kier molecular flexibility index (Phi) is 5.08. The van der Waals surface area contributed by atoms with E-state index < -0.39 is 0 Å². The van der Waals surface area contributed by atoms with Crippen molar-refractivity contribution in [3.8, 4) is 0 Å². The Morgan fingerprint density at radius 1 is 1.19 bits per heavy atom. The first-order chi connectivity index (χ1) is 12.7. The summed E-state index contributed by atoms with van der Waals surface area (Å²) in [6, 6.07) is 9.72. The molecular formula is C19H20N4OS2. The predicted molar refractivity (Wildman–Crippen MR) is 108 cm³/mol. The van der Waals surface area contributed by atoms with Gasteiger partial charge >= 0.3 is 0 Å². The molecule has 1 amide bonds. The van der Waals surface area contributed by atoms with E-state index >= 15 is 0 Å². The molecule has 0 unspecified atom stereocenters. The van der Waals surface area contributed by atoms with Gasteiger partial charge in [-0.2, -0.15) is 0 Å². The number of carbonyl (C=O) groups is 1. The van der Waals surface area contributed by atoms with Crippen LogP contribution in [0.15, 0.2) is 35.5 Å². The van der Waals surface area contributed by atoms with Gasteiger partial charge in [0.1, 0.15) is 4.83 Å². The number of aromatic nitrogens is 2. The summed E-state index contributed by atoms with van der Waals surface area (Å²) in [5, 5.41) is 1.79. The topological polar surface area (TPSA) is 66.9 Å². The minimum Gasteiger partial charge on any atom is -0.281 e. The Balaban J connectivity index is 1.58. The number of aryl methyl sites for hydroxylation is 2. The first kappa shape index (κ1) is 17.3. The second-order valence-corrected chi connectivity index (χ2v) is 8.14. The normalized spacial score (nSPS) is 13.4. The Bertz CT molecular complexity index is 940. The van der Waals surface area contributed by atoms with E-state index in [1.807, 2.05) is 36.6 Å². The number of thiophene rings is 1. The summed E-state index contributed by atoms with van der Waals surface area (Å²) in [6.07, 6.45) is 6.91. The Labute approximate surface area is 160 Å². The lowest BCUT2D eigenvalue weighted by atomic mass is 9.97. The average molecular weight is 385 g/mol. The first-order valence-electron chi connectivity index (χ1n) is 8.69. The third kappa shape index (κ3) is 3.54. The quantitative estimate of drug-likeness (QED) is 0.396. The van der Waals surface area contributed by atoms with Crippen LogP contribution in [0.2, 0.25) is 0 Å². The van der Waals surface area contributed by atoms with Crippen molar-refractivity contribution >= 4 is 45.0 Å². The van der Waals surface area contributed by atoms with Crippen LogP contribution in [0.3, 0.4) is 0 Å². The lowest BCUT2D eigenvalue weighted by Gasteiger charge is -2.13. The van der Waals surface area contributed by atoms with Crippen molar-refractivity contribution in [2.24, 2.45) is 0 Å². The smallest absolute Gasteiger partial charge is 0.242 e. The summed E-state index contributed by atoms with van der Waals surface area (Å²) < 4.78 is 0. The number of hydrogen-bond acceptors (Lipinski definition) is 6. The van der Waals surface area contributed by atoms with E-state index in [9.17, 15) is 4.79 Å². The molecule has 0 saturated carbocycles. The van der Waals surface area contributed by atoms with Crippen LogP contribution in [-0.2, 0) is 24.1 Å². The van der Waals surface area contributed by atoms with Crippen molar-refractivity contribution in [1.82, 2.24) is 15.4 Å². The molecule has 2 N–H and O–H groups in total. The van der Waals surface area contributed by atoms with Gasteiger partial charge in [-0.15, -0.1) is 11.3 Å². The molecule has 0 radical (unpaired) electrons. The maximum Gasteiger partial charge on any atom is 0.242 e. The molecular weight excluding hydrogens is 364 g/mol. The minimum absolute atomic E-state index is 0.0854. The average Bonchev–Trinajstić information content (AvgIpc) is 3.05. The molecule has 2 aromatic heterocycles. The molecule has 0 bridgehead atoms. The molecule has 0 aliphatic heterocycles. The van der Waals surface area contributed by atoms with E-state index in [1.54, 1.807) is 11.3 Å². The van der Waals surface area contributed by atoms with Crippen molar-refractivity contribution in [2.75, 3.05) is 11.7 Å². The number of rotatable bonds is 5. The zero-order valence-corrected chi connectivity index (χ0v) is 16.2. The second kappa shape index (κ2) is 7.63. The van der Waals surface area contributed by atoms with Crippen molar-refractivity contribution < 1.29 is 4.79 Å². The Morgan fingerprint density at radius 2 is 2.00 bits per heavy atom. The summed E-state index contributed by atoms with van der Waals surface area (Å²) >= 11 is 3.28. The van der Waals surface area contributed by atoms with Gasteiger partial charge in [-0.3, -0.25) is 15.6 Å². The van der Waals surface area contributed by atoms with Crippen molar-refractivity contribution in [2.45, 2.75) is 37.3 Å². The molecule has 1 aliphatic rings. The Morgan fingerprint density at radius 3 is 2.81 bits per heavy atom. The molecule has 26 heavy (non-hydrogen) atoms. The van der Waals surface area contributed by atoms with Crippen LogP contribution in [0.25, 0.3) is 10.2 Å². The Hall–Kier alpha value is -2.12. The van der Waals surface area contributed by atoms with E-state index in [1.165, 1.54) is 35.0 Å². The fourth-order valence-corrected chi connectivity index (χ4v) is 4.96. The molecule has 5 nitrogen and oxygen atoms in total. The first-order valence-corrected chi connectivity index (χ1v) is 10.7. The summed E-state index contributed by atoms with van der Waals surface area (Å²) in [6.45, 7) is 0. The van der Waals surface area contributed by atoms with E-state index in [2.05, 4.69) is 20.8 Å². The third-order valence-electron chi connectivity index (χ3n) is 4.50. The number of hydrazine groups is 1. The van der Waals surface area contributed by atoms with Gasteiger partial charge in [-0.1, -0.05) is 42.1 Å². The van der Waals surface area contributed by atoms with E-state index in [0.29, 0.717) is 12.2 Å². The molecule has 0 fully saturated rings. The number of carbonyl (C=O) groups excluding carboxylic acids is 1. The van der Waals surface area contributed by atoms with Gasteiger partial charge in [0.05, 0.1) is 11.8 Å². The molecule has 0 atom stereocenters. The number of anilines is 1. The lowest BCUT2D eigenvalue weighted by molar-refractivity contribution is -0.119. The van der Waals surface area contributed by atoms with Crippen molar-refractivity contribution in [1.29, 1.82) is 0 Å². The minimum atomic E-state index is -0.0854. The molecule has 134 valence electrons. The zero-order valence-electron chi connectivity index (χ0n) is 14.5. The molecule has 4 rings (SSSR count). The summed E-state index contributed by atoms with van der Waals surface area (Å²) in [4.78, 5) is 24.0. The van der Waals surface area contributed by atoms with Gasteiger partial charge in [-0.05, 0) is 43.1 Å². The molecule has 7 heteroatoms. The highest BCUT2D eigenvalue weighted by atomic mass is 32.2. The molecule has 1 aromatic carbocycles. The lowest BCUT2D eigenvalue weighted by Crippen LogP contribution is -2.31. The number of benzene rings is 1. The largest absolute Gasteiger partial charge is 0.281 e. The van der Waals surface area contributed by atoms with Gasteiger partial charge in [-0.25, -0.2) is 9.97 Å². The van der Waals surface area contributed by atoms with Gasteiger partial charge in [0.15, 0.2) is 11.0 Å². The number of nitrogens with one attached hydrogen (secondary N) is 2. The molecule has 0 spiro atoms. The highest BCUT2D eigenvalue weighted by Crippen LogP contribution is 2.39. The van der Waals surface area contributed by atoms with Crippen molar-refractivity contribution in [3.05, 3.63) is 46.3 Å². The predicted octanol–water partition coefficient (Wildman–Crippen LogP) is 3.98. The number of thioether (sulfide) groups is 1. The van der Waals surface area contributed by atoms with Crippen LogP contribution in [0.5, 0.6) is 0 Å². The maximum atomic E-state index is 12.3. The highest BCUT2D eigenvalue weighted by Gasteiger charge is 2.21. The van der Waals surface area contributed by atoms with Crippen LogP contribution in [-0.4, -0.2) is 22.1 Å². The number of fused-ring (bicyclic) bond motifs is 3. The van der Waals surface area contributed by atoms with Crippen LogP contribution < -0.4 is 10.9 Å². The van der Waals surface area contributed by atoms with Crippen LogP contribution in [0, 0.1) is 0 Å². The number of hydrogen-bond donors (Lipinski definition) is 2. The standard InChI is InChI=1S/C19H20N4OS2/c1-25-19-20-17(23-22-15(24)11-12-7-3-2-4-8-12)16-13-9-5-6-10-14(13)26-18(16)21-19/h2-4,7-8H,5-6,9-11H2,1H3,(H,22,24)(H,20,21,23). The highest BCUT2D eigenvalue weighted by molar-refractivity contribution is 7.98. The fraction of sp³-hybridized carbons (Fsp3) is 0.316. The number of amides is 1. The van der Waals surface area contributed by atoms with E-state index in [0.717, 1.165) is 33.8 Å². The summed E-state index contributed by atoms with van der Waals surface area (Å²) in [5.74, 6) is 0.623. The zero-order chi connectivity index (χ0) is 17.9. The van der Waals surface area contributed by atoms with Crippen LogP contribution in [0.4, 0.5) is 5.82 Å². The van der Waals surface area contributed by atoms with Crippen molar-refractivity contribution in [3.63, 3.8) is 0 Å². The number of nitrogens with zero attached hydrogens (tertiary/aromatic N) is 2. The molecule has 1 aliphatic carbocycles. The molecule has 0 saturated heterocycles. The molecule has 2 heterocycles. The van der Waals surface area contributed by atoms with E-state index in [4.69, 9.17) is 0 Å². The molecule has 3 aromatic rings. The third-order valence-corrected chi connectivity index (χ3v) is 6.24. The van der Waals surface area contributed by atoms with E-state index in [-0.39, 0.29) is 5.91 Å². The SMILES string of the molecule is CSc1nc(NNC(=O)Cc2ccccc2)c2c3c(sc2n1)CCCC3. The fourth-order valence-electron chi connectivity index (χ4n) is 3.27. The summed E-state index contributed by atoms with van der Waals surface area (Å²) in [5.41, 5.74) is 8.20. The van der Waals surface area contributed by atoms with Gasteiger partial charge in [0.2, 0.25) is 5.91 Å². The van der Waals surface area contributed by atoms with Gasteiger partial charge < -0.3 is 0 Å². The van der Waals surface area contributed by atoms with Gasteiger partial charge in [0.25, 0.3) is 0 Å². The monoisotopic (exact) mass is 384 g/mol. The van der Waals surface area contributed by atoms with Crippen LogP contribution in [0.1, 0.15) is 28.8 Å². The van der Waals surface area contributed by atoms with Crippen LogP contribution >= 0.6 is 23.1 Å². The second-order valence-electron chi connectivity index (χ2n) is 6.29. The van der Waals surface area contributed by atoms with Gasteiger partial charge in [0, 0.05) is 4.88 Å². The maximum absolute atomic E-state index is 12.3. The summed E-state index contributed by atoms with van der Waals surface area (Å²) in [7, 11) is 0.